The molecule has 2 rings (SSSR count). The van der Waals surface area contributed by atoms with Crippen LogP contribution in [0.5, 0.6) is 5.75 Å². The molecule has 0 atom stereocenters. The van der Waals surface area contributed by atoms with E-state index in [-0.39, 0.29) is 18.3 Å². The van der Waals surface area contributed by atoms with E-state index in [0.717, 1.165) is 13.0 Å². The van der Waals surface area contributed by atoms with Crippen LogP contribution in [0.2, 0.25) is 10.0 Å². The zero-order valence-corrected chi connectivity index (χ0v) is 15.2. The molecule has 130 valence electrons. The number of carbonyl (C=O) groups is 1. The van der Waals surface area contributed by atoms with Crippen molar-refractivity contribution in [2.24, 2.45) is 0 Å². The van der Waals surface area contributed by atoms with E-state index in [2.05, 4.69) is 10.2 Å². The van der Waals surface area contributed by atoms with E-state index >= 15 is 0 Å². The summed E-state index contributed by atoms with van der Waals surface area (Å²) in [6.07, 6.45) is 0.879. The van der Waals surface area contributed by atoms with Gasteiger partial charge in [-0.15, -0.1) is 0 Å². The maximum absolute atomic E-state index is 12.0. The number of rotatable bonds is 8. The molecule has 1 amide bonds. The Hall–Kier alpha value is -1.69. The lowest BCUT2D eigenvalue weighted by Crippen LogP contribution is -2.26. The van der Waals surface area contributed by atoms with Crippen molar-refractivity contribution in [3.05, 3.63) is 51.9 Å². The number of nitrogens with zero attached hydrogens (tertiary/aromatic N) is 1. The molecule has 0 aliphatic rings. The van der Waals surface area contributed by atoms with Crippen LogP contribution in [0.15, 0.2) is 34.7 Å². The highest BCUT2D eigenvalue weighted by molar-refractivity contribution is 6.35. The van der Waals surface area contributed by atoms with Crippen molar-refractivity contribution in [1.82, 2.24) is 10.2 Å². The Kier molecular flexibility index (Phi) is 6.97. The van der Waals surface area contributed by atoms with Gasteiger partial charge < -0.3 is 19.4 Å². The first-order valence-electron chi connectivity index (χ1n) is 7.55. The van der Waals surface area contributed by atoms with Crippen molar-refractivity contribution < 1.29 is 13.9 Å². The Balaban J connectivity index is 1.83. The van der Waals surface area contributed by atoms with Gasteiger partial charge in [0, 0.05) is 11.6 Å². The SMILES string of the molecule is CN(C)CCCNC(=O)c1ccc(COc2ccc(Cl)cc2Cl)o1. The van der Waals surface area contributed by atoms with Crippen LogP contribution in [0.3, 0.4) is 0 Å². The van der Waals surface area contributed by atoms with Crippen LogP contribution in [0.1, 0.15) is 22.7 Å². The number of amides is 1. The minimum absolute atomic E-state index is 0.176. The monoisotopic (exact) mass is 370 g/mol. The van der Waals surface area contributed by atoms with Crippen LogP contribution in [0, 0.1) is 0 Å². The van der Waals surface area contributed by atoms with Crippen LogP contribution < -0.4 is 10.1 Å². The van der Waals surface area contributed by atoms with Gasteiger partial charge in [0.25, 0.3) is 5.91 Å². The third-order valence-corrected chi connectivity index (χ3v) is 3.75. The van der Waals surface area contributed by atoms with Gasteiger partial charge in [0.2, 0.25) is 0 Å². The van der Waals surface area contributed by atoms with Crippen molar-refractivity contribution >= 4 is 29.1 Å². The van der Waals surface area contributed by atoms with Gasteiger partial charge in [0.1, 0.15) is 18.1 Å². The van der Waals surface area contributed by atoms with Crippen LogP contribution in [-0.2, 0) is 6.61 Å². The number of halogens is 2. The summed E-state index contributed by atoms with van der Waals surface area (Å²) in [6.45, 7) is 1.69. The summed E-state index contributed by atoms with van der Waals surface area (Å²) in [6, 6.07) is 8.32. The second-order valence-corrected chi connectivity index (χ2v) is 6.39. The molecule has 0 fully saturated rings. The highest BCUT2D eigenvalue weighted by Crippen LogP contribution is 2.28. The molecular formula is C17H20Cl2N2O3. The second-order valence-electron chi connectivity index (χ2n) is 5.54. The first-order chi connectivity index (χ1) is 11.5. The quantitative estimate of drug-likeness (QED) is 0.717. The molecule has 5 nitrogen and oxygen atoms in total. The van der Waals surface area contributed by atoms with Gasteiger partial charge in [0.05, 0.1) is 5.02 Å². The molecule has 0 bridgehead atoms. The summed E-state index contributed by atoms with van der Waals surface area (Å²) in [5.74, 6) is 1.08. The molecule has 0 aliphatic heterocycles. The van der Waals surface area contributed by atoms with Crippen LogP contribution in [0.4, 0.5) is 0 Å². The summed E-state index contributed by atoms with van der Waals surface area (Å²) in [4.78, 5) is 14.0. The summed E-state index contributed by atoms with van der Waals surface area (Å²) >= 11 is 11.9. The number of furan rings is 1. The molecule has 24 heavy (non-hydrogen) atoms. The van der Waals surface area contributed by atoms with E-state index in [4.69, 9.17) is 32.4 Å². The van der Waals surface area contributed by atoms with Gasteiger partial charge in [-0.05, 0) is 57.4 Å². The van der Waals surface area contributed by atoms with Crippen molar-refractivity contribution in [2.45, 2.75) is 13.0 Å². The summed E-state index contributed by atoms with van der Waals surface area (Å²) in [7, 11) is 3.99. The van der Waals surface area contributed by atoms with E-state index in [9.17, 15) is 4.79 Å². The standard InChI is InChI=1S/C17H20Cl2N2O3/c1-21(2)9-3-8-20-17(22)16-7-5-13(24-16)11-23-15-6-4-12(18)10-14(15)19/h4-7,10H,3,8-9,11H2,1-2H3,(H,20,22). The maximum atomic E-state index is 12.0. The summed E-state index contributed by atoms with van der Waals surface area (Å²) < 4.78 is 11.1. The van der Waals surface area contributed by atoms with Crippen LogP contribution in [-0.4, -0.2) is 38.0 Å². The average Bonchev–Trinajstić information content (AvgIpc) is 2.99. The first kappa shape index (κ1) is 18.6. The second kappa shape index (κ2) is 8.97. The van der Waals surface area contributed by atoms with E-state index in [0.29, 0.717) is 28.1 Å². The molecule has 0 radical (unpaired) electrons. The smallest absolute Gasteiger partial charge is 0.286 e. The minimum Gasteiger partial charge on any atom is -0.484 e. The number of nitrogens with one attached hydrogen (secondary N) is 1. The largest absolute Gasteiger partial charge is 0.484 e. The molecule has 2 aromatic rings. The van der Waals surface area contributed by atoms with Crippen molar-refractivity contribution in [2.75, 3.05) is 27.2 Å². The number of hydrogen-bond acceptors (Lipinski definition) is 4. The first-order valence-corrected chi connectivity index (χ1v) is 8.31. The molecule has 0 unspecified atom stereocenters. The Morgan fingerprint density at radius 2 is 2.04 bits per heavy atom. The van der Waals surface area contributed by atoms with Gasteiger partial charge in [0.15, 0.2) is 5.76 Å². The maximum Gasteiger partial charge on any atom is 0.286 e. The van der Waals surface area contributed by atoms with E-state index in [1.165, 1.54) is 0 Å². The third kappa shape index (κ3) is 5.74. The Morgan fingerprint density at radius 3 is 2.75 bits per heavy atom. The Bertz CT molecular complexity index is 686. The van der Waals surface area contributed by atoms with Crippen LogP contribution in [0.25, 0.3) is 0 Å². The van der Waals surface area contributed by atoms with Crippen molar-refractivity contribution in [1.29, 1.82) is 0 Å². The lowest BCUT2D eigenvalue weighted by Gasteiger charge is -2.09. The molecule has 1 aromatic carbocycles. The molecule has 1 N–H and O–H groups in total. The average molecular weight is 371 g/mol. The van der Waals surface area contributed by atoms with Gasteiger partial charge in [-0.1, -0.05) is 23.2 Å². The molecule has 0 saturated heterocycles. The zero-order chi connectivity index (χ0) is 17.5. The van der Waals surface area contributed by atoms with Gasteiger partial charge in [-0.2, -0.15) is 0 Å². The number of benzene rings is 1. The van der Waals surface area contributed by atoms with Gasteiger partial charge in [-0.3, -0.25) is 4.79 Å². The molecule has 1 aromatic heterocycles. The highest BCUT2D eigenvalue weighted by atomic mass is 35.5. The fraction of sp³-hybridized carbons (Fsp3) is 0.353. The molecule has 1 heterocycles. The fourth-order valence-corrected chi connectivity index (χ4v) is 2.47. The molecule has 0 saturated carbocycles. The fourth-order valence-electron chi connectivity index (χ4n) is 2.00. The highest BCUT2D eigenvalue weighted by Gasteiger charge is 2.11. The molecule has 0 spiro atoms. The van der Waals surface area contributed by atoms with Crippen LogP contribution >= 0.6 is 23.2 Å². The Labute approximate surface area is 151 Å². The lowest BCUT2D eigenvalue weighted by atomic mass is 10.3. The predicted molar refractivity (Wildman–Crippen MR) is 95.0 cm³/mol. The molecule has 0 aliphatic carbocycles. The number of hydrogen-bond donors (Lipinski definition) is 1. The Morgan fingerprint density at radius 1 is 1.25 bits per heavy atom. The van der Waals surface area contributed by atoms with Crippen molar-refractivity contribution in [3.63, 3.8) is 0 Å². The molecular weight excluding hydrogens is 351 g/mol. The van der Waals surface area contributed by atoms with Crippen molar-refractivity contribution in [3.8, 4) is 5.75 Å². The summed E-state index contributed by atoms with van der Waals surface area (Å²) in [5, 5.41) is 3.79. The van der Waals surface area contributed by atoms with Gasteiger partial charge in [-0.25, -0.2) is 0 Å². The normalized spacial score (nSPS) is 10.9. The zero-order valence-electron chi connectivity index (χ0n) is 13.6. The van der Waals surface area contributed by atoms with E-state index in [1.807, 2.05) is 14.1 Å². The number of ether oxygens (including phenoxy) is 1. The van der Waals surface area contributed by atoms with Gasteiger partial charge >= 0.3 is 0 Å². The van der Waals surface area contributed by atoms with E-state index < -0.39 is 0 Å². The minimum atomic E-state index is -0.232. The summed E-state index contributed by atoms with van der Waals surface area (Å²) in [5.41, 5.74) is 0. The molecule has 7 heteroatoms. The third-order valence-electron chi connectivity index (χ3n) is 3.22. The van der Waals surface area contributed by atoms with E-state index in [1.54, 1.807) is 30.3 Å². The number of carbonyl (C=O) groups excluding carboxylic acids is 1. The predicted octanol–water partition coefficient (Wildman–Crippen LogP) is 3.85. The lowest BCUT2D eigenvalue weighted by molar-refractivity contribution is 0.0920. The topological polar surface area (TPSA) is 54.7 Å².